The second kappa shape index (κ2) is 5.04. The summed E-state index contributed by atoms with van der Waals surface area (Å²) in [5.74, 6) is 0.579. The van der Waals surface area contributed by atoms with Crippen LogP contribution < -0.4 is 0 Å². The summed E-state index contributed by atoms with van der Waals surface area (Å²) in [5, 5.41) is 0. The Kier molecular flexibility index (Phi) is 4.65. The predicted octanol–water partition coefficient (Wildman–Crippen LogP) is 3.33. The summed E-state index contributed by atoms with van der Waals surface area (Å²) in [5.41, 5.74) is 1.24. The molecule has 0 saturated heterocycles. The van der Waals surface area contributed by atoms with E-state index in [2.05, 4.69) is 33.1 Å². The molecule has 0 spiro atoms. The molecule has 0 aromatic heterocycles. The summed E-state index contributed by atoms with van der Waals surface area (Å²) in [6.07, 6.45) is 7.09. The van der Waals surface area contributed by atoms with Crippen LogP contribution in [-0.4, -0.2) is 0 Å². The van der Waals surface area contributed by atoms with Gasteiger partial charge in [-0.1, -0.05) is 37.3 Å². The minimum atomic E-state index is 0.579. The van der Waals surface area contributed by atoms with Gasteiger partial charge in [-0.3, -0.25) is 0 Å². The maximum Gasteiger partial charge on any atom is -0.0230 e. The largest absolute Gasteiger partial charge is 0.103 e. The Labute approximate surface area is 64.0 Å². The molecular weight excluding hydrogens is 120 g/mol. The van der Waals surface area contributed by atoms with E-state index in [4.69, 9.17) is 0 Å². The highest BCUT2D eigenvalue weighted by Gasteiger charge is 1.90. The monoisotopic (exact) mass is 136 g/mol. The van der Waals surface area contributed by atoms with E-state index < -0.39 is 0 Å². The molecule has 0 amide bonds. The summed E-state index contributed by atoms with van der Waals surface area (Å²) in [6.45, 7) is 11.6. The van der Waals surface area contributed by atoms with Crippen molar-refractivity contribution in [2.24, 2.45) is 5.92 Å². The van der Waals surface area contributed by atoms with E-state index in [0.717, 1.165) is 6.42 Å². The van der Waals surface area contributed by atoms with Gasteiger partial charge in [-0.25, -0.2) is 0 Å². The van der Waals surface area contributed by atoms with Crippen LogP contribution in [0.3, 0.4) is 0 Å². The minimum absolute atomic E-state index is 0.579. The lowest BCUT2D eigenvalue weighted by atomic mass is 10.1. The first-order valence-electron chi connectivity index (χ1n) is 3.62. The van der Waals surface area contributed by atoms with Crippen molar-refractivity contribution in [3.05, 3.63) is 37.0 Å². The van der Waals surface area contributed by atoms with E-state index in [1.807, 2.05) is 12.2 Å². The summed E-state index contributed by atoms with van der Waals surface area (Å²) in [6, 6.07) is 0. The van der Waals surface area contributed by atoms with E-state index in [9.17, 15) is 0 Å². The van der Waals surface area contributed by atoms with Crippen LogP contribution >= 0.6 is 0 Å². The molecular formula is C10H16. The maximum absolute atomic E-state index is 3.71. The van der Waals surface area contributed by atoms with E-state index in [0.29, 0.717) is 5.92 Å². The molecule has 0 aliphatic heterocycles. The van der Waals surface area contributed by atoms with Gasteiger partial charge in [0.05, 0.1) is 0 Å². The Morgan fingerprint density at radius 2 is 2.10 bits per heavy atom. The van der Waals surface area contributed by atoms with E-state index in [1.165, 1.54) is 5.57 Å². The molecule has 10 heavy (non-hydrogen) atoms. The van der Waals surface area contributed by atoms with Gasteiger partial charge in [0.25, 0.3) is 0 Å². The first-order chi connectivity index (χ1) is 4.70. The third-order valence-corrected chi connectivity index (χ3v) is 1.54. The fraction of sp³-hybridized carbons (Fsp3) is 0.400. The molecule has 0 radical (unpaired) electrons. The quantitative estimate of drug-likeness (QED) is 0.411. The van der Waals surface area contributed by atoms with Crippen LogP contribution in [0.4, 0.5) is 0 Å². The van der Waals surface area contributed by atoms with Crippen molar-refractivity contribution in [1.82, 2.24) is 0 Å². The number of hydrogen-bond acceptors (Lipinski definition) is 0. The van der Waals surface area contributed by atoms with Crippen LogP contribution in [0.15, 0.2) is 37.0 Å². The Balaban J connectivity index is 3.70. The molecule has 0 fully saturated rings. The van der Waals surface area contributed by atoms with Gasteiger partial charge in [0.2, 0.25) is 0 Å². The van der Waals surface area contributed by atoms with Crippen LogP contribution in [-0.2, 0) is 0 Å². The number of allylic oxidation sites excluding steroid dienone is 4. The van der Waals surface area contributed by atoms with Gasteiger partial charge in [-0.15, -0.1) is 6.58 Å². The summed E-state index contributed by atoms with van der Waals surface area (Å²) in [7, 11) is 0. The minimum Gasteiger partial charge on any atom is -0.103 e. The van der Waals surface area contributed by atoms with Crippen molar-refractivity contribution in [3.63, 3.8) is 0 Å². The average molecular weight is 136 g/mol. The summed E-state index contributed by atoms with van der Waals surface area (Å²) in [4.78, 5) is 0. The lowest BCUT2D eigenvalue weighted by Crippen LogP contribution is -1.84. The van der Waals surface area contributed by atoms with Gasteiger partial charge in [0, 0.05) is 0 Å². The van der Waals surface area contributed by atoms with Crippen LogP contribution in [0, 0.1) is 5.92 Å². The van der Waals surface area contributed by atoms with Crippen LogP contribution in [0.2, 0.25) is 0 Å². The second-order valence-electron chi connectivity index (χ2n) is 2.60. The molecule has 0 heterocycles. The molecule has 0 aliphatic rings. The summed E-state index contributed by atoms with van der Waals surface area (Å²) < 4.78 is 0. The zero-order chi connectivity index (χ0) is 7.98. The SMILES string of the molecule is C=C/C(C)=C\CC(C)C=C. The highest BCUT2D eigenvalue weighted by Crippen LogP contribution is 2.06. The molecule has 56 valence electrons. The van der Waals surface area contributed by atoms with Crippen molar-refractivity contribution in [2.45, 2.75) is 20.3 Å². The van der Waals surface area contributed by atoms with Crippen molar-refractivity contribution in [3.8, 4) is 0 Å². The van der Waals surface area contributed by atoms with E-state index >= 15 is 0 Å². The first kappa shape index (κ1) is 9.22. The molecule has 0 nitrogen and oxygen atoms in total. The predicted molar refractivity (Wildman–Crippen MR) is 47.9 cm³/mol. The zero-order valence-corrected chi connectivity index (χ0v) is 6.93. The highest BCUT2D eigenvalue weighted by molar-refractivity contribution is 5.12. The zero-order valence-electron chi connectivity index (χ0n) is 6.93. The van der Waals surface area contributed by atoms with Gasteiger partial charge in [-0.2, -0.15) is 0 Å². The lowest BCUT2D eigenvalue weighted by molar-refractivity contribution is 0.744. The smallest absolute Gasteiger partial charge is 0.0230 e. The molecule has 0 aromatic carbocycles. The number of rotatable bonds is 4. The maximum atomic E-state index is 3.71. The van der Waals surface area contributed by atoms with E-state index in [1.54, 1.807) is 0 Å². The number of hydrogen-bond donors (Lipinski definition) is 0. The Morgan fingerprint density at radius 3 is 2.50 bits per heavy atom. The molecule has 1 unspecified atom stereocenters. The Bertz CT molecular complexity index is 140. The average Bonchev–Trinajstić information content (AvgIpc) is 1.99. The normalized spacial score (nSPS) is 14.4. The topological polar surface area (TPSA) is 0 Å². The molecule has 0 aromatic rings. The standard InChI is InChI=1S/C10H16/c1-5-9(3)7-8-10(4)6-2/h5-7,10H,1-2,8H2,3-4H3/b9-7-. The lowest BCUT2D eigenvalue weighted by Gasteiger charge is -1.99. The third kappa shape index (κ3) is 4.13. The second-order valence-corrected chi connectivity index (χ2v) is 2.60. The molecule has 0 saturated carbocycles. The molecule has 1 atom stereocenters. The van der Waals surface area contributed by atoms with Crippen molar-refractivity contribution in [1.29, 1.82) is 0 Å². The van der Waals surface area contributed by atoms with Crippen LogP contribution in [0.25, 0.3) is 0 Å². The van der Waals surface area contributed by atoms with Crippen LogP contribution in [0.5, 0.6) is 0 Å². The van der Waals surface area contributed by atoms with Gasteiger partial charge in [0.1, 0.15) is 0 Å². The van der Waals surface area contributed by atoms with Crippen molar-refractivity contribution >= 4 is 0 Å². The Morgan fingerprint density at radius 1 is 1.50 bits per heavy atom. The van der Waals surface area contributed by atoms with Gasteiger partial charge < -0.3 is 0 Å². The first-order valence-corrected chi connectivity index (χ1v) is 3.62. The Hall–Kier alpha value is -0.780. The molecule has 0 bridgehead atoms. The van der Waals surface area contributed by atoms with E-state index in [-0.39, 0.29) is 0 Å². The molecule has 0 heteroatoms. The summed E-state index contributed by atoms with van der Waals surface area (Å²) >= 11 is 0. The van der Waals surface area contributed by atoms with Gasteiger partial charge in [0.15, 0.2) is 0 Å². The third-order valence-electron chi connectivity index (χ3n) is 1.54. The highest BCUT2D eigenvalue weighted by atomic mass is 14.0. The fourth-order valence-electron chi connectivity index (χ4n) is 0.551. The van der Waals surface area contributed by atoms with Gasteiger partial charge >= 0.3 is 0 Å². The molecule has 0 aliphatic carbocycles. The van der Waals surface area contributed by atoms with Crippen LogP contribution in [0.1, 0.15) is 20.3 Å². The fourth-order valence-corrected chi connectivity index (χ4v) is 0.551. The van der Waals surface area contributed by atoms with Crippen molar-refractivity contribution < 1.29 is 0 Å². The van der Waals surface area contributed by atoms with Gasteiger partial charge in [-0.05, 0) is 19.3 Å². The molecule has 0 N–H and O–H groups in total. The molecule has 0 rings (SSSR count). The van der Waals surface area contributed by atoms with Crippen molar-refractivity contribution in [2.75, 3.05) is 0 Å².